The van der Waals surface area contributed by atoms with E-state index >= 15 is 0 Å². The zero-order chi connectivity index (χ0) is 21.6. The fourth-order valence-electron chi connectivity index (χ4n) is 3.66. The Labute approximate surface area is 180 Å². The van der Waals surface area contributed by atoms with Gasteiger partial charge in [0.15, 0.2) is 0 Å². The number of rotatable bonds is 6. The van der Waals surface area contributed by atoms with Crippen molar-refractivity contribution in [3.8, 4) is 5.75 Å². The standard InChI is InChI=1S/C24H23N3O4/c28-24(23-9-5-4-6-19(23)18-31-22-7-2-1-3-8-22)26-16-14-25(15-17-26)20-10-12-21(13-11-20)27(29)30/h1-13H,14-18H2. The number of hydrogen-bond acceptors (Lipinski definition) is 5. The normalized spacial score (nSPS) is 13.7. The second-order valence-electron chi connectivity index (χ2n) is 7.31. The van der Waals surface area contributed by atoms with Gasteiger partial charge in [-0.15, -0.1) is 0 Å². The van der Waals surface area contributed by atoms with Crippen LogP contribution in [0.15, 0.2) is 78.9 Å². The van der Waals surface area contributed by atoms with Gasteiger partial charge in [0.05, 0.1) is 4.92 Å². The van der Waals surface area contributed by atoms with Gasteiger partial charge < -0.3 is 14.5 Å². The third-order valence-electron chi connectivity index (χ3n) is 5.38. The van der Waals surface area contributed by atoms with Gasteiger partial charge in [0.25, 0.3) is 11.6 Å². The fourth-order valence-corrected chi connectivity index (χ4v) is 3.66. The van der Waals surface area contributed by atoms with E-state index < -0.39 is 4.92 Å². The molecule has 7 nitrogen and oxygen atoms in total. The Morgan fingerprint density at radius 1 is 0.871 bits per heavy atom. The maximum Gasteiger partial charge on any atom is 0.269 e. The Hall–Kier alpha value is -3.87. The Kier molecular flexibility index (Phi) is 6.12. The first-order valence-corrected chi connectivity index (χ1v) is 10.2. The number of carbonyl (C=O) groups is 1. The summed E-state index contributed by atoms with van der Waals surface area (Å²) in [6.45, 7) is 2.85. The molecule has 0 N–H and O–H groups in total. The summed E-state index contributed by atoms with van der Waals surface area (Å²) in [4.78, 5) is 27.6. The van der Waals surface area contributed by atoms with Crippen LogP contribution in [0.2, 0.25) is 0 Å². The van der Waals surface area contributed by atoms with Gasteiger partial charge in [0.2, 0.25) is 0 Å². The summed E-state index contributed by atoms with van der Waals surface area (Å²) in [5.74, 6) is 0.761. The molecule has 0 aromatic heterocycles. The summed E-state index contributed by atoms with van der Waals surface area (Å²) >= 11 is 0. The molecule has 0 radical (unpaired) electrons. The molecule has 1 fully saturated rings. The smallest absolute Gasteiger partial charge is 0.269 e. The molecule has 4 rings (SSSR count). The van der Waals surface area contributed by atoms with Gasteiger partial charge in [0, 0.05) is 55.1 Å². The third-order valence-corrected chi connectivity index (χ3v) is 5.38. The molecule has 31 heavy (non-hydrogen) atoms. The molecule has 0 saturated carbocycles. The van der Waals surface area contributed by atoms with Crippen LogP contribution in [0.5, 0.6) is 5.75 Å². The largest absolute Gasteiger partial charge is 0.489 e. The lowest BCUT2D eigenvalue weighted by atomic mass is 10.1. The molecule has 1 saturated heterocycles. The Bertz CT molecular complexity index is 1050. The van der Waals surface area contributed by atoms with Crippen LogP contribution in [0.25, 0.3) is 0 Å². The van der Waals surface area contributed by atoms with Gasteiger partial charge in [-0.1, -0.05) is 36.4 Å². The second kappa shape index (κ2) is 9.30. The Morgan fingerprint density at radius 2 is 1.52 bits per heavy atom. The molecule has 0 bridgehead atoms. The zero-order valence-electron chi connectivity index (χ0n) is 17.0. The molecule has 0 aliphatic carbocycles. The quantitative estimate of drug-likeness (QED) is 0.445. The van der Waals surface area contributed by atoms with Crippen LogP contribution in [0.3, 0.4) is 0 Å². The van der Waals surface area contributed by atoms with Crippen molar-refractivity contribution in [1.82, 2.24) is 4.90 Å². The molecule has 1 aliphatic rings. The lowest BCUT2D eigenvalue weighted by molar-refractivity contribution is -0.384. The van der Waals surface area contributed by atoms with Crippen molar-refractivity contribution in [2.24, 2.45) is 0 Å². The number of piperazine rings is 1. The van der Waals surface area contributed by atoms with Crippen molar-refractivity contribution in [3.05, 3.63) is 100 Å². The van der Waals surface area contributed by atoms with Gasteiger partial charge in [-0.05, 0) is 30.3 Å². The summed E-state index contributed by atoms with van der Waals surface area (Å²) in [5.41, 5.74) is 2.51. The van der Waals surface area contributed by atoms with Gasteiger partial charge in [-0.2, -0.15) is 0 Å². The highest BCUT2D eigenvalue weighted by Crippen LogP contribution is 2.22. The lowest BCUT2D eigenvalue weighted by Crippen LogP contribution is -2.49. The number of para-hydroxylation sites is 1. The first kappa shape index (κ1) is 20.4. The fraction of sp³-hybridized carbons (Fsp3) is 0.208. The van der Waals surface area contributed by atoms with E-state index in [0.29, 0.717) is 38.3 Å². The molecular formula is C24H23N3O4. The Balaban J connectivity index is 1.39. The van der Waals surface area contributed by atoms with E-state index in [-0.39, 0.29) is 11.6 Å². The molecular weight excluding hydrogens is 394 g/mol. The van der Waals surface area contributed by atoms with E-state index in [2.05, 4.69) is 4.90 Å². The van der Waals surface area contributed by atoms with Crippen molar-refractivity contribution in [3.63, 3.8) is 0 Å². The van der Waals surface area contributed by atoms with Crippen LogP contribution in [0, 0.1) is 10.1 Å². The molecule has 1 heterocycles. The third kappa shape index (κ3) is 4.83. The highest BCUT2D eigenvalue weighted by molar-refractivity contribution is 5.95. The minimum Gasteiger partial charge on any atom is -0.489 e. The number of ether oxygens (including phenoxy) is 1. The van der Waals surface area contributed by atoms with Crippen LogP contribution in [0.1, 0.15) is 15.9 Å². The number of carbonyl (C=O) groups excluding carboxylic acids is 1. The molecule has 0 atom stereocenters. The molecule has 0 unspecified atom stereocenters. The maximum absolute atomic E-state index is 13.2. The van der Waals surface area contributed by atoms with Gasteiger partial charge in [-0.3, -0.25) is 14.9 Å². The minimum absolute atomic E-state index is 0.00406. The molecule has 158 valence electrons. The monoisotopic (exact) mass is 417 g/mol. The van der Waals surface area contributed by atoms with E-state index in [1.165, 1.54) is 12.1 Å². The summed E-state index contributed by atoms with van der Waals surface area (Å²) in [7, 11) is 0. The summed E-state index contributed by atoms with van der Waals surface area (Å²) < 4.78 is 5.84. The molecule has 0 spiro atoms. The number of amides is 1. The van der Waals surface area contributed by atoms with Crippen LogP contribution < -0.4 is 9.64 Å². The second-order valence-corrected chi connectivity index (χ2v) is 7.31. The van der Waals surface area contributed by atoms with Crippen LogP contribution in [0.4, 0.5) is 11.4 Å². The average molecular weight is 417 g/mol. The van der Waals surface area contributed by atoms with Crippen molar-refractivity contribution < 1.29 is 14.5 Å². The van der Waals surface area contributed by atoms with Gasteiger partial charge in [0.1, 0.15) is 12.4 Å². The van der Waals surface area contributed by atoms with Gasteiger partial charge in [-0.25, -0.2) is 0 Å². The average Bonchev–Trinajstić information content (AvgIpc) is 2.83. The first-order chi connectivity index (χ1) is 15.1. The van der Waals surface area contributed by atoms with Crippen molar-refractivity contribution in [2.75, 3.05) is 31.1 Å². The van der Waals surface area contributed by atoms with E-state index in [4.69, 9.17) is 4.74 Å². The number of hydrogen-bond donors (Lipinski definition) is 0. The molecule has 7 heteroatoms. The summed E-state index contributed by atoms with van der Waals surface area (Å²) in [6, 6.07) is 23.6. The number of anilines is 1. The highest BCUT2D eigenvalue weighted by Gasteiger charge is 2.24. The number of benzene rings is 3. The molecule has 1 aliphatic heterocycles. The van der Waals surface area contributed by atoms with Crippen molar-refractivity contribution >= 4 is 17.3 Å². The van der Waals surface area contributed by atoms with Crippen molar-refractivity contribution in [1.29, 1.82) is 0 Å². The van der Waals surface area contributed by atoms with Crippen LogP contribution in [-0.2, 0) is 6.61 Å². The molecule has 3 aromatic carbocycles. The predicted molar refractivity (Wildman–Crippen MR) is 118 cm³/mol. The summed E-state index contributed by atoms with van der Waals surface area (Å²) in [5, 5.41) is 10.8. The van der Waals surface area contributed by atoms with E-state index in [1.807, 2.05) is 59.5 Å². The SMILES string of the molecule is O=C(c1ccccc1COc1ccccc1)N1CCN(c2ccc([N+](=O)[O-])cc2)CC1. The summed E-state index contributed by atoms with van der Waals surface area (Å²) in [6.07, 6.45) is 0. The van der Waals surface area contributed by atoms with E-state index in [1.54, 1.807) is 12.1 Å². The molecule has 3 aromatic rings. The van der Waals surface area contributed by atoms with Crippen molar-refractivity contribution in [2.45, 2.75) is 6.61 Å². The lowest BCUT2D eigenvalue weighted by Gasteiger charge is -2.36. The Morgan fingerprint density at radius 3 is 2.19 bits per heavy atom. The number of nitro benzene ring substituents is 1. The number of non-ortho nitro benzene ring substituents is 1. The van der Waals surface area contributed by atoms with E-state index in [9.17, 15) is 14.9 Å². The molecule has 1 amide bonds. The number of nitro groups is 1. The predicted octanol–water partition coefficient (Wildman–Crippen LogP) is 4.14. The van der Waals surface area contributed by atoms with E-state index in [0.717, 1.165) is 17.0 Å². The van der Waals surface area contributed by atoms with Gasteiger partial charge >= 0.3 is 0 Å². The maximum atomic E-state index is 13.2. The topological polar surface area (TPSA) is 75.9 Å². The first-order valence-electron chi connectivity index (χ1n) is 10.2. The van der Waals surface area contributed by atoms with Crippen LogP contribution in [-0.4, -0.2) is 41.9 Å². The zero-order valence-corrected chi connectivity index (χ0v) is 17.0. The highest BCUT2D eigenvalue weighted by atomic mass is 16.6. The minimum atomic E-state index is -0.403. The number of nitrogens with zero attached hydrogens (tertiary/aromatic N) is 3. The van der Waals surface area contributed by atoms with Crippen LogP contribution >= 0.6 is 0 Å².